The summed E-state index contributed by atoms with van der Waals surface area (Å²) in [5.74, 6) is -0.622. The van der Waals surface area contributed by atoms with Crippen molar-refractivity contribution in [3.8, 4) is 0 Å². The molecule has 80 valence electrons. The Morgan fingerprint density at radius 1 is 1.64 bits per heavy atom. The normalized spacial score (nSPS) is 14.4. The Morgan fingerprint density at radius 2 is 2.29 bits per heavy atom. The maximum absolute atomic E-state index is 10.3. The van der Waals surface area contributed by atoms with Crippen molar-refractivity contribution in [2.24, 2.45) is 10.7 Å². The number of rotatable bonds is 5. The maximum atomic E-state index is 10.3. The second-order valence-corrected chi connectivity index (χ2v) is 2.69. The molecule has 0 aromatic rings. The van der Waals surface area contributed by atoms with E-state index in [1.54, 1.807) is 19.1 Å². The van der Waals surface area contributed by atoms with Crippen molar-refractivity contribution >= 4 is 11.8 Å². The Hall–Kier alpha value is -1.40. The number of nitrogens with two attached hydrogens (primary N) is 1. The number of carbonyl (C=O) groups is 1. The second-order valence-electron chi connectivity index (χ2n) is 2.69. The summed E-state index contributed by atoms with van der Waals surface area (Å²) in [4.78, 5) is 14.2. The van der Waals surface area contributed by atoms with Crippen LogP contribution in [0.15, 0.2) is 17.1 Å². The van der Waals surface area contributed by atoms with Crippen molar-refractivity contribution < 1.29 is 15.1 Å². The molecule has 0 aromatic carbocycles. The molecule has 6 heteroatoms. The first-order chi connectivity index (χ1) is 6.57. The fourth-order valence-electron chi connectivity index (χ4n) is 0.643. The highest BCUT2D eigenvalue weighted by Crippen LogP contribution is 1.90. The Bertz CT molecular complexity index is 238. The number of hydrogen-bond acceptors (Lipinski definition) is 4. The molecule has 0 aliphatic carbocycles. The summed E-state index contributed by atoms with van der Waals surface area (Å²) in [5, 5.41) is 16.8. The van der Waals surface area contributed by atoms with E-state index in [1.807, 2.05) is 5.48 Å². The average molecular weight is 201 g/mol. The van der Waals surface area contributed by atoms with E-state index in [-0.39, 0.29) is 6.42 Å². The highest BCUT2D eigenvalue weighted by molar-refractivity contribution is 5.78. The van der Waals surface area contributed by atoms with Crippen molar-refractivity contribution in [3.63, 3.8) is 0 Å². The molecule has 6 nitrogen and oxygen atoms in total. The van der Waals surface area contributed by atoms with E-state index in [1.165, 1.54) is 0 Å². The predicted molar refractivity (Wildman–Crippen MR) is 52.3 cm³/mol. The summed E-state index contributed by atoms with van der Waals surface area (Å²) in [5.41, 5.74) is 7.13. The Labute approximate surface area is 82.1 Å². The number of amidine groups is 1. The fraction of sp³-hybridized carbons (Fsp3) is 0.500. The topological polar surface area (TPSA) is 108 Å². The standard InChI is InChI=1S/C8H15N3O3/c1-6(11-14)10-5-3-2-4-7(9)8(12)13/h2-3,7,14H,4-5,9H2,1H3,(H,10,11)(H,12,13)/b3-2+/t7-/m0/s1. The molecule has 0 radical (unpaired) electrons. The zero-order valence-corrected chi connectivity index (χ0v) is 7.97. The van der Waals surface area contributed by atoms with Crippen LogP contribution in [0.25, 0.3) is 0 Å². The van der Waals surface area contributed by atoms with Crippen LogP contribution in [0.2, 0.25) is 0 Å². The summed E-state index contributed by atoms with van der Waals surface area (Å²) in [6.07, 6.45) is 3.60. The lowest BCUT2D eigenvalue weighted by Crippen LogP contribution is -2.29. The molecule has 0 aliphatic rings. The van der Waals surface area contributed by atoms with Crippen LogP contribution in [0.3, 0.4) is 0 Å². The highest BCUT2D eigenvalue weighted by Gasteiger charge is 2.07. The Balaban J connectivity index is 3.70. The van der Waals surface area contributed by atoms with Crippen molar-refractivity contribution in [3.05, 3.63) is 12.2 Å². The molecule has 0 fully saturated rings. The summed E-state index contributed by atoms with van der Waals surface area (Å²) < 4.78 is 0. The molecule has 14 heavy (non-hydrogen) atoms. The molecular weight excluding hydrogens is 186 g/mol. The molecule has 1 atom stereocenters. The van der Waals surface area contributed by atoms with E-state index in [0.717, 1.165) is 0 Å². The van der Waals surface area contributed by atoms with Gasteiger partial charge in [0.05, 0.1) is 6.54 Å². The van der Waals surface area contributed by atoms with Crippen LogP contribution in [0.4, 0.5) is 0 Å². The van der Waals surface area contributed by atoms with Crippen molar-refractivity contribution in [1.29, 1.82) is 0 Å². The van der Waals surface area contributed by atoms with Gasteiger partial charge >= 0.3 is 5.97 Å². The third-order valence-electron chi connectivity index (χ3n) is 1.47. The smallest absolute Gasteiger partial charge is 0.320 e. The van der Waals surface area contributed by atoms with Gasteiger partial charge in [0.2, 0.25) is 0 Å². The van der Waals surface area contributed by atoms with Crippen LogP contribution in [0, 0.1) is 0 Å². The number of nitrogens with zero attached hydrogens (tertiary/aromatic N) is 1. The van der Waals surface area contributed by atoms with E-state index in [2.05, 4.69) is 4.99 Å². The van der Waals surface area contributed by atoms with Gasteiger partial charge in [0.15, 0.2) is 0 Å². The summed E-state index contributed by atoms with van der Waals surface area (Å²) in [6.45, 7) is 1.99. The number of carboxylic acid groups (broad SMARTS) is 1. The summed E-state index contributed by atoms with van der Waals surface area (Å²) in [7, 11) is 0. The molecule has 5 N–H and O–H groups in total. The van der Waals surface area contributed by atoms with Gasteiger partial charge < -0.3 is 10.8 Å². The van der Waals surface area contributed by atoms with Crippen molar-refractivity contribution in [1.82, 2.24) is 5.48 Å². The monoisotopic (exact) mass is 201 g/mol. The highest BCUT2D eigenvalue weighted by atomic mass is 16.5. The zero-order chi connectivity index (χ0) is 11.0. The quantitative estimate of drug-likeness (QED) is 0.212. The minimum absolute atomic E-state index is 0.274. The number of aliphatic carboxylic acids is 1. The van der Waals surface area contributed by atoms with Gasteiger partial charge in [0.25, 0.3) is 0 Å². The summed E-state index contributed by atoms with van der Waals surface area (Å²) in [6, 6.07) is -0.868. The first-order valence-electron chi connectivity index (χ1n) is 4.12. The van der Waals surface area contributed by atoms with Crippen LogP contribution in [-0.4, -0.2) is 34.7 Å². The second kappa shape index (κ2) is 7.05. The number of hydrogen-bond donors (Lipinski definition) is 4. The van der Waals surface area contributed by atoms with Gasteiger partial charge in [0, 0.05) is 0 Å². The minimum Gasteiger partial charge on any atom is -0.480 e. The maximum Gasteiger partial charge on any atom is 0.320 e. The summed E-state index contributed by atoms with van der Waals surface area (Å²) >= 11 is 0. The number of carboxylic acids is 1. The van der Waals surface area contributed by atoms with Gasteiger partial charge in [-0.05, 0) is 13.3 Å². The van der Waals surface area contributed by atoms with Gasteiger partial charge in [0.1, 0.15) is 11.9 Å². The molecule has 0 spiro atoms. The number of nitrogens with one attached hydrogen (secondary N) is 1. The van der Waals surface area contributed by atoms with Gasteiger partial charge in [-0.1, -0.05) is 12.2 Å². The van der Waals surface area contributed by atoms with Gasteiger partial charge in [-0.25, -0.2) is 0 Å². The Kier molecular flexibility index (Phi) is 6.34. The molecule has 0 saturated carbocycles. The van der Waals surface area contributed by atoms with E-state index in [4.69, 9.17) is 16.0 Å². The minimum atomic E-state index is -1.02. The van der Waals surface area contributed by atoms with Crippen LogP contribution in [0.1, 0.15) is 13.3 Å². The van der Waals surface area contributed by atoms with Gasteiger partial charge in [-0.15, -0.1) is 0 Å². The largest absolute Gasteiger partial charge is 0.480 e. The van der Waals surface area contributed by atoms with Crippen LogP contribution < -0.4 is 11.2 Å². The average Bonchev–Trinajstić information content (AvgIpc) is 2.16. The van der Waals surface area contributed by atoms with Crippen molar-refractivity contribution in [2.75, 3.05) is 6.54 Å². The molecular formula is C8H15N3O3. The first kappa shape index (κ1) is 12.6. The molecule has 0 rings (SSSR count). The van der Waals surface area contributed by atoms with E-state index < -0.39 is 12.0 Å². The van der Waals surface area contributed by atoms with Gasteiger partial charge in [-0.2, -0.15) is 0 Å². The molecule has 0 amide bonds. The van der Waals surface area contributed by atoms with Crippen LogP contribution in [0.5, 0.6) is 0 Å². The van der Waals surface area contributed by atoms with E-state index in [9.17, 15) is 4.79 Å². The SMILES string of the molecule is CC(=NC/C=C/C[C@H](N)C(=O)O)NO. The molecule has 0 aliphatic heterocycles. The number of aliphatic imine (C=N–C) groups is 1. The van der Waals surface area contributed by atoms with E-state index in [0.29, 0.717) is 12.4 Å². The Morgan fingerprint density at radius 3 is 2.79 bits per heavy atom. The fourth-order valence-corrected chi connectivity index (χ4v) is 0.643. The third-order valence-corrected chi connectivity index (χ3v) is 1.47. The van der Waals surface area contributed by atoms with Crippen molar-refractivity contribution in [2.45, 2.75) is 19.4 Å². The predicted octanol–water partition coefficient (Wildman–Crippen LogP) is -0.258. The molecule has 0 saturated heterocycles. The van der Waals surface area contributed by atoms with Crippen LogP contribution in [-0.2, 0) is 4.79 Å². The molecule has 0 bridgehead atoms. The number of hydroxylamine groups is 1. The van der Waals surface area contributed by atoms with E-state index >= 15 is 0 Å². The third kappa shape index (κ3) is 6.15. The molecule has 0 aromatic heterocycles. The zero-order valence-electron chi connectivity index (χ0n) is 7.97. The van der Waals surface area contributed by atoms with Crippen LogP contribution >= 0.6 is 0 Å². The lowest BCUT2D eigenvalue weighted by atomic mass is 10.2. The first-order valence-corrected chi connectivity index (χ1v) is 4.12. The lowest BCUT2D eigenvalue weighted by molar-refractivity contribution is -0.138. The van der Waals surface area contributed by atoms with Gasteiger partial charge in [-0.3, -0.25) is 20.5 Å². The molecule has 0 unspecified atom stereocenters. The lowest BCUT2D eigenvalue weighted by Gasteiger charge is -2.00. The molecule has 0 heterocycles.